The van der Waals surface area contributed by atoms with E-state index in [-0.39, 0.29) is 0 Å². The highest BCUT2D eigenvalue weighted by Gasteiger charge is 2.23. The highest BCUT2D eigenvalue weighted by molar-refractivity contribution is 7.99. The van der Waals surface area contributed by atoms with Crippen LogP contribution >= 0.6 is 11.8 Å². The number of hydrogen-bond acceptors (Lipinski definition) is 4. The van der Waals surface area contributed by atoms with E-state index in [1.54, 1.807) is 12.4 Å². The van der Waals surface area contributed by atoms with Crippen LogP contribution in [-0.2, 0) is 0 Å². The number of nitrogens with one attached hydrogen (secondary N) is 1. The van der Waals surface area contributed by atoms with Crippen molar-refractivity contribution in [3.63, 3.8) is 0 Å². The zero-order valence-electron chi connectivity index (χ0n) is 8.94. The second-order valence-electron chi connectivity index (χ2n) is 3.97. The molecule has 1 aromatic rings. The van der Waals surface area contributed by atoms with Crippen molar-refractivity contribution in [1.82, 2.24) is 4.98 Å². The maximum Gasteiger partial charge on any atom is 0.0736 e. The van der Waals surface area contributed by atoms with Gasteiger partial charge >= 0.3 is 0 Å². The Kier molecular flexibility index (Phi) is 3.36. The van der Waals surface area contributed by atoms with Gasteiger partial charge in [0.1, 0.15) is 0 Å². The fraction of sp³-hybridized carbons (Fsp3) is 0.545. The van der Waals surface area contributed by atoms with E-state index in [2.05, 4.69) is 16.6 Å². The van der Waals surface area contributed by atoms with E-state index in [1.165, 1.54) is 19.3 Å². The third-order valence-electron chi connectivity index (χ3n) is 2.93. The van der Waals surface area contributed by atoms with Crippen LogP contribution in [0.5, 0.6) is 0 Å². The van der Waals surface area contributed by atoms with Gasteiger partial charge in [0.25, 0.3) is 0 Å². The molecule has 1 heterocycles. The Bertz CT molecular complexity index is 329. The van der Waals surface area contributed by atoms with Gasteiger partial charge in [-0.25, -0.2) is 0 Å². The van der Waals surface area contributed by atoms with E-state index in [0.29, 0.717) is 6.04 Å². The van der Waals surface area contributed by atoms with E-state index in [9.17, 15) is 0 Å². The molecule has 1 aliphatic rings. The summed E-state index contributed by atoms with van der Waals surface area (Å²) in [6, 6.07) is 2.52. The molecule has 0 radical (unpaired) electrons. The number of pyridine rings is 1. The smallest absolute Gasteiger partial charge is 0.0736 e. The van der Waals surface area contributed by atoms with E-state index in [0.717, 1.165) is 16.6 Å². The summed E-state index contributed by atoms with van der Waals surface area (Å²) in [5, 5.41) is 4.31. The minimum atomic E-state index is 0.576. The standard InChI is InChI=1S/C11H17N3S/c1-15-9-3-2-8(6-9)14-11-4-5-13-7-10(11)12/h4-5,7-9H,2-3,6,12H2,1H3,(H,13,14). The third-order valence-corrected chi connectivity index (χ3v) is 4.02. The van der Waals surface area contributed by atoms with Crippen LogP contribution < -0.4 is 11.1 Å². The Hall–Kier alpha value is -0.900. The topological polar surface area (TPSA) is 50.9 Å². The highest BCUT2D eigenvalue weighted by Crippen LogP contribution is 2.31. The average molecular weight is 223 g/mol. The first-order chi connectivity index (χ1) is 7.29. The summed E-state index contributed by atoms with van der Waals surface area (Å²) in [5.41, 5.74) is 7.60. The molecule has 0 amide bonds. The summed E-state index contributed by atoms with van der Waals surface area (Å²) >= 11 is 1.97. The van der Waals surface area contributed by atoms with Crippen molar-refractivity contribution in [3.05, 3.63) is 18.5 Å². The molecule has 0 spiro atoms. The number of nitrogen functional groups attached to an aromatic ring is 1. The van der Waals surface area contributed by atoms with Crippen LogP contribution in [0.1, 0.15) is 19.3 Å². The van der Waals surface area contributed by atoms with Crippen LogP contribution in [-0.4, -0.2) is 22.5 Å². The van der Waals surface area contributed by atoms with Crippen molar-refractivity contribution in [2.24, 2.45) is 0 Å². The monoisotopic (exact) mass is 223 g/mol. The fourth-order valence-electron chi connectivity index (χ4n) is 2.04. The van der Waals surface area contributed by atoms with Gasteiger partial charge in [0, 0.05) is 17.5 Å². The molecule has 0 saturated heterocycles. The van der Waals surface area contributed by atoms with Crippen LogP contribution in [0.4, 0.5) is 11.4 Å². The van der Waals surface area contributed by atoms with Crippen LogP contribution in [0.2, 0.25) is 0 Å². The molecular weight excluding hydrogens is 206 g/mol. The zero-order valence-corrected chi connectivity index (χ0v) is 9.76. The van der Waals surface area contributed by atoms with Gasteiger partial charge in [0.15, 0.2) is 0 Å². The summed E-state index contributed by atoms with van der Waals surface area (Å²) in [7, 11) is 0. The zero-order chi connectivity index (χ0) is 10.7. The summed E-state index contributed by atoms with van der Waals surface area (Å²) in [5.74, 6) is 0. The Morgan fingerprint density at radius 2 is 2.40 bits per heavy atom. The molecule has 1 aromatic heterocycles. The van der Waals surface area contributed by atoms with Gasteiger partial charge in [0.05, 0.1) is 17.6 Å². The van der Waals surface area contributed by atoms with Gasteiger partial charge in [-0.2, -0.15) is 11.8 Å². The molecule has 0 bridgehead atoms. The highest BCUT2D eigenvalue weighted by atomic mass is 32.2. The maximum absolute atomic E-state index is 5.84. The van der Waals surface area contributed by atoms with E-state index in [1.807, 2.05) is 17.8 Å². The molecule has 0 aromatic carbocycles. The number of nitrogens with zero attached hydrogens (tertiary/aromatic N) is 1. The SMILES string of the molecule is CSC1CCC(Nc2ccncc2N)C1. The quantitative estimate of drug-likeness (QED) is 0.826. The van der Waals surface area contributed by atoms with Crippen LogP contribution in [0.15, 0.2) is 18.5 Å². The lowest BCUT2D eigenvalue weighted by atomic mass is 10.2. The molecule has 2 atom stereocenters. The molecule has 0 aliphatic heterocycles. The van der Waals surface area contributed by atoms with Crippen molar-refractivity contribution >= 4 is 23.1 Å². The van der Waals surface area contributed by atoms with Crippen molar-refractivity contribution in [1.29, 1.82) is 0 Å². The number of aromatic nitrogens is 1. The molecular formula is C11H17N3S. The average Bonchev–Trinajstić information content (AvgIpc) is 2.69. The van der Waals surface area contributed by atoms with E-state index >= 15 is 0 Å². The van der Waals surface area contributed by atoms with Gasteiger partial charge in [-0.3, -0.25) is 4.98 Å². The lowest BCUT2D eigenvalue weighted by molar-refractivity contribution is 0.757. The second-order valence-corrected chi connectivity index (χ2v) is 5.11. The summed E-state index contributed by atoms with van der Waals surface area (Å²) in [6.07, 6.45) is 9.46. The predicted octanol–water partition coefficient (Wildman–Crippen LogP) is 2.36. The van der Waals surface area contributed by atoms with Crippen LogP contribution in [0.25, 0.3) is 0 Å². The normalized spacial score (nSPS) is 25.4. The molecule has 2 unspecified atom stereocenters. The van der Waals surface area contributed by atoms with Gasteiger partial charge in [-0.1, -0.05) is 0 Å². The number of hydrogen-bond donors (Lipinski definition) is 2. The lowest BCUT2D eigenvalue weighted by Crippen LogP contribution is -2.16. The van der Waals surface area contributed by atoms with E-state index < -0.39 is 0 Å². The fourth-order valence-corrected chi connectivity index (χ4v) is 2.84. The van der Waals surface area contributed by atoms with Crippen molar-refractivity contribution in [3.8, 4) is 0 Å². The first-order valence-electron chi connectivity index (χ1n) is 5.28. The summed E-state index contributed by atoms with van der Waals surface area (Å²) < 4.78 is 0. The molecule has 15 heavy (non-hydrogen) atoms. The summed E-state index contributed by atoms with van der Waals surface area (Å²) in [6.45, 7) is 0. The first kappa shape index (κ1) is 10.6. The molecule has 4 heteroatoms. The molecule has 3 N–H and O–H groups in total. The van der Waals surface area contributed by atoms with Gasteiger partial charge < -0.3 is 11.1 Å². The largest absolute Gasteiger partial charge is 0.396 e. The Labute approximate surface area is 94.8 Å². The Balaban J connectivity index is 1.96. The number of anilines is 2. The van der Waals surface area contributed by atoms with Crippen LogP contribution in [0, 0.1) is 0 Å². The lowest BCUT2D eigenvalue weighted by Gasteiger charge is -2.15. The minimum Gasteiger partial charge on any atom is -0.396 e. The predicted molar refractivity (Wildman–Crippen MR) is 67.2 cm³/mol. The number of rotatable bonds is 3. The molecule has 2 rings (SSSR count). The van der Waals surface area contributed by atoms with Crippen molar-refractivity contribution < 1.29 is 0 Å². The van der Waals surface area contributed by atoms with Crippen LogP contribution in [0.3, 0.4) is 0 Å². The minimum absolute atomic E-state index is 0.576. The van der Waals surface area contributed by atoms with Crippen molar-refractivity contribution in [2.75, 3.05) is 17.3 Å². The second kappa shape index (κ2) is 4.75. The molecule has 1 saturated carbocycles. The Morgan fingerprint density at radius 3 is 3.07 bits per heavy atom. The third kappa shape index (κ3) is 2.56. The maximum atomic E-state index is 5.84. The molecule has 1 fully saturated rings. The molecule has 1 aliphatic carbocycles. The molecule has 82 valence electrons. The number of nitrogens with two attached hydrogens (primary N) is 1. The summed E-state index contributed by atoms with van der Waals surface area (Å²) in [4.78, 5) is 3.98. The van der Waals surface area contributed by atoms with Gasteiger partial charge in [-0.15, -0.1) is 0 Å². The van der Waals surface area contributed by atoms with Crippen molar-refractivity contribution in [2.45, 2.75) is 30.6 Å². The number of thioether (sulfide) groups is 1. The van der Waals surface area contributed by atoms with Gasteiger partial charge in [-0.05, 0) is 31.6 Å². The van der Waals surface area contributed by atoms with Gasteiger partial charge in [0.2, 0.25) is 0 Å². The van der Waals surface area contributed by atoms with E-state index in [4.69, 9.17) is 5.73 Å². The molecule has 3 nitrogen and oxygen atoms in total. The first-order valence-corrected chi connectivity index (χ1v) is 6.57. The Morgan fingerprint density at radius 1 is 1.53 bits per heavy atom.